The minimum absolute atomic E-state index is 0.958. The van der Waals surface area contributed by atoms with Gasteiger partial charge in [-0.3, -0.25) is 0 Å². The van der Waals surface area contributed by atoms with Crippen molar-refractivity contribution in [2.45, 2.75) is 19.8 Å². The van der Waals surface area contributed by atoms with Crippen LogP contribution in [0, 0.1) is 0 Å². The van der Waals surface area contributed by atoms with Crippen LogP contribution < -0.4 is 5.32 Å². The third-order valence-corrected chi connectivity index (χ3v) is 1.72. The van der Waals surface area contributed by atoms with Crippen LogP contribution in [-0.4, -0.2) is 6.54 Å². The van der Waals surface area contributed by atoms with E-state index in [1.807, 2.05) is 6.92 Å². The van der Waals surface area contributed by atoms with Gasteiger partial charge in [-0.1, -0.05) is 30.4 Å². The van der Waals surface area contributed by atoms with Crippen LogP contribution in [-0.2, 0) is 0 Å². The maximum absolute atomic E-state index is 3.78. The number of hydrogen-bond acceptors (Lipinski definition) is 1. The molecule has 1 aliphatic carbocycles. The summed E-state index contributed by atoms with van der Waals surface area (Å²) in [5.41, 5.74) is 2.51. The first-order valence-corrected chi connectivity index (χ1v) is 4.03. The number of allylic oxidation sites excluding steroid dienone is 4. The summed E-state index contributed by atoms with van der Waals surface area (Å²) in [4.78, 5) is 0. The predicted molar refractivity (Wildman–Crippen MR) is 49.3 cm³/mol. The second-order valence-electron chi connectivity index (χ2n) is 2.93. The molecule has 1 rings (SSSR count). The Kier molecular flexibility index (Phi) is 2.96. The standard InChI is InChI=1S/C10H15N/c1-9(2)11-8-10-6-4-3-5-7-10/h3-4,6,11H,1,5,7-8H2,2H3. The van der Waals surface area contributed by atoms with Crippen LogP contribution in [0.3, 0.4) is 0 Å². The summed E-state index contributed by atoms with van der Waals surface area (Å²) in [5, 5.41) is 3.22. The number of rotatable bonds is 3. The molecule has 1 nitrogen and oxygen atoms in total. The Hall–Kier alpha value is -0.980. The van der Waals surface area contributed by atoms with Gasteiger partial charge in [-0.05, 0) is 19.8 Å². The lowest BCUT2D eigenvalue weighted by atomic mass is 10.1. The molecular formula is C10H15N. The molecule has 0 fully saturated rings. The fraction of sp³-hybridized carbons (Fsp3) is 0.400. The monoisotopic (exact) mass is 149 g/mol. The van der Waals surface area contributed by atoms with E-state index in [1.54, 1.807) is 0 Å². The minimum Gasteiger partial charge on any atom is -0.385 e. The van der Waals surface area contributed by atoms with E-state index < -0.39 is 0 Å². The average molecular weight is 149 g/mol. The molecule has 1 aliphatic rings. The Morgan fingerprint density at radius 1 is 1.73 bits per heavy atom. The maximum atomic E-state index is 3.78. The van der Waals surface area contributed by atoms with Crippen molar-refractivity contribution in [1.29, 1.82) is 0 Å². The van der Waals surface area contributed by atoms with Crippen LogP contribution in [0.1, 0.15) is 19.8 Å². The molecule has 1 N–H and O–H groups in total. The molecule has 0 amide bonds. The van der Waals surface area contributed by atoms with Crippen molar-refractivity contribution in [3.05, 3.63) is 36.1 Å². The molecule has 0 saturated carbocycles. The van der Waals surface area contributed by atoms with Crippen molar-refractivity contribution in [3.63, 3.8) is 0 Å². The molecule has 0 aromatic heterocycles. The molecule has 60 valence electrons. The average Bonchev–Trinajstić information content (AvgIpc) is 2.03. The molecule has 0 atom stereocenters. The van der Waals surface area contributed by atoms with Gasteiger partial charge in [-0.25, -0.2) is 0 Å². The van der Waals surface area contributed by atoms with Crippen LogP contribution in [0.15, 0.2) is 36.1 Å². The zero-order valence-corrected chi connectivity index (χ0v) is 7.06. The van der Waals surface area contributed by atoms with E-state index in [0.29, 0.717) is 0 Å². The quantitative estimate of drug-likeness (QED) is 0.649. The van der Waals surface area contributed by atoms with E-state index in [-0.39, 0.29) is 0 Å². The lowest BCUT2D eigenvalue weighted by Crippen LogP contribution is -2.14. The molecule has 0 radical (unpaired) electrons. The van der Waals surface area contributed by atoms with E-state index in [9.17, 15) is 0 Å². The largest absolute Gasteiger partial charge is 0.385 e. The number of hydrogen-bond donors (Lipinski definition) is 1. The molecule has 0 spiro atoms. The second kappa shape index (κ2) is 4.02. The molecule has 0 unspecified atom stereocenters. The van der Waals surface area contributed by atoms with Crippen molar-refractivity contribution in [3.8, 4) is 0 Å². The van der Waals surface area contributed by atoms with Crippen LogP contribution in [0.4, 0.5) is 0 Å². The predicted octanol–water partition coefficient (Wildman–Crippen LogP) is 2.39. The van der Waals surface area contributed by atoms with E-state index >= 15 is 0 Å². The first-order valence-electron chi connectivity index (χ1n) is 4.03. The molecule has 11 heavy (non-hydrogen) atoms. The highest BCUT2D eigenvalue weighted by atomic mass is 14.9. The fourth-order valence-electron chi connectivity index (χ4n) is 1.06. The highest BCUT2D eigenvalue weighted by Gasteiger charge is 1.97. The summed E-state index contributed by atoms with van der Waals surface area (Å²) in [6.45, 7) is 6.73. The molecule has 0 bridgehead atoms. The summed E-state index contributed by atoms with van der Waals surface area (Å²) in [6.07, 6.45) is 8.88. The van der Waals surface area contributed by atoms with Gasteiger partial charge in [0.2, 0.25) is 0 Å². The third-order valence-electron chi connectivity index (χ3n) is 1.72. The van der Waals surface area contributed by atoms with Crippen molar-refractivity contribution in [2.24, 2.45) is 0 Å². The van der Waals surface area contributed by atoms with Crippen LogP contribution >= 0.6 is 0 Å². The Morgan fingerprint density at radius 2 is 2.55 bits per heavy atom. The summed E-state index contributed by atoms with van der Waals surface area (Å²) < 4.78 is 0. The van der Waals surface area contributed by atoms with Gasteiger partial charge in [0, 0.05) is 12.2 Å². The summed E-state index contributed by atoms with van der Waals surface area (Å²) in [6, 6.07) is 0. The van der Waals surface area contributed by atoms with Crippen molar-refractivity contribution < 1.29 is 0 Å². The van der Waals surface area contributed by atoms with Crippen molar-refractivity contribution >= 4 is 0 Å². The summed E-state index contributed by atoms with van der Waals surface area (Å²) in [7, 11) is 0. The van der Waals surface area contributed by atoms with Gasteiger partial charge in [-0.15, -0.1) is 0 Å². The first kappa shape index (κ1) is 8.12. The third kappa shape index (κ3) is 3.08. The van der Waals surface area contributed by atoms with Crippen LogP contribution in [0.2, 0.25) is 0 Å². The normalized spacial score (nSPS) is 15.9. The van der Waals surface area contributed by atoms with Gasteiger partial charge in [-0.2, -0.15) is 0 Å². The second-order valence-corrected chi connectivity index (χ2v) is 2.93. The smallest absolute Gasteiger partial charge is 0.0360 e. The van der Waals surface area contributed by atoms with Gasteiger partial charge in [0.1, 0.15) is 0 Å². The highest BCUT2D eigenvalue weighted by molar-refractivity contribution is 5.19. The van der Waals surface area contributed by atoms with E-state index in [2.05, 4.69) is 30.1 Å². The molecule has 0 aliphatic heterocycles. The summed E-state index contributed by atoms with van der Waals surface area (Å²) >= 11 is 0. The van der Waals surface area contributed by atoms with Gasteiger partial charge < -0.3 is 5.32 Å². The molecule has 0 aromatic rings. The Bertz CT molecular complexity index is 199. The van der Waals surface area contributed by atoms with E-state index in [1.165, 1.54) is 18.4 Å². The lowest BCUT2D eigenvalue weighted by Gasteiger charge is -2.10. The van der Waals surface area contributed by atoms with E-state index in [0.717, 1.165) is 12.2 Å². The highest BCUT2D eigenvalue weighted by Crippen LogP contribution is 2.10. The van der Waals surface area contributed by atoms with Crippen molar-refractivity contribution in [2.75, 3.05) is 6.54 Å². The topological polar surface area (TPSA) is 12.0 Å². The van der Waals surface area contributed by atoms with Gasteiger partial charge in [0.25, 0.3) is 0 Å². The summed E-state index contributed by atoms with van der Waals surface area (Å²) in [5.74, 6) is 0. The van der Waals surface area contributed by atoms with Gasteiger partial charge in [0.05, 0.1) is 0 Å². The van der Waals surface area contributed by atoms with Gasteiger partial charge in [0.15, 0.2) is 0 Å². The van der Waals surface area contributed by atoms with E-state index in [4.69, 9.17) is 0 Å². The molecular weight excluding hydrogens is 134 g/mol. The van der Waals surface area contributed by atoms with Crippen LogP contribution in [0.25, 0.3) is 0 Å². The lowest BCUT2D eigenvalue weighted by molar-refractivity contribution is 0.814. The Labute approximate surface area is 68.5 Å². The first-order chi connectivity index (χ1) is 5.29. The fourth-order valence-corrected chi connectivity index (χ4v) is 1.06. The molecule has 0 aromatic carbocycles. The molecule has 0 saturated heterocycles. The minimum atomic E-state index is 0.958. The van der Waals surface area contributed by atoms with Gasteiger partial charge >= 0.3 is 0 Å². The molecule has 0 heterocycles. The molecule has 1 heteroatoms. The SMILES string of the molecule is C=C(C)NCC1=CC=CCC1. The maximum Gasteiger partial charge on any atom is 0.0360 e. The zero-order chi connectivity index (χ0) is 8.10. The van der Waals surface area contributed by atoms with Crippen molar-refractivity contribution in [1.82, 2.24) is 5.32 Å². The number of nitrogens with one attached hydrogen (secondary N) is 1. The van der Waals surface area contributed by atoms with Crippen LogP contribution in [0.5, 0.6) is 0 Å². The Morgan fingerprint density at radius 3 is 3.09 bits per heavy atom. The zero-order valence-electron chi connectivity index (χ0n) is 7.06. The Balaban J connectivity index is 2.31.